The summed E-state index contributed by atoms with van der Waals surface area (Å²) in [5.41, 5.74) is 0.951. The summed E-state index contributed by atoms with van der Waals surface area (Å²) in [4.78, 5) is 0. The van der Waals surface area contributed by atoms with Crippen LogP contribution in [0.3, 0.4) is 0 Å². The SMILES string of the molecule is CN/C=C/C(C)=C/C#N. The third-order valence-corrected chi connectivity index (χ3v) is 0.805. The van der Waals surface area contributed by atoms with Crippen molar-refractivity contribution in [1.82, 2.24) is 5.32 Å². The van der Waals surface area contributed by atoms with Crippen LogP contribution >= 0.6 is 0 Å². The number of nitriles is 1. The number of allylic oxidation sites excluding steroid dienone is 3. The molecule has 0 amide bonds. The monoisotopic (exact) mass is 122 g/mol. The van der Waals surface area contributed by atoms with E-state index >= 15 is 0 Å². The van der Waals surface area contributed by atoms with Crippen LogP contribution in [0, 0.1) is 11.3 Å². The number of nitrogens with zero attached hydrogens (tertiary/aromatic N) is 1. The molecule has 0 aromatic heterocycles. The third-order valence-electron chi connectivity index (χ3n) is 0.805. The van der Waals surface area contributed by atoms with Crippen LogP contribution in [0.2, 0.25) is 0 Å². The summed E-state index contributed by atoms with van der Waals surface area (Å²) in [6.07, 6.45) is 5.11. The second-order valence-corrected chi connectivity index (χ2v) is 1.64. The molecule has 0 aromatic carbocycles. The molecule has 0 heterocycles. The minimum Gasteiger partial charge on any atom is -0.394 e. The second kappa shape index (κ2) is 4.92. The van der Waals surface area contributed by atoms with Crippen molar-refractivity contribution in [2.75, 3.05) is 7.05 Å². The van der Waals surface area contributed by atoms with Crippen molar-refractivity contribution in [2.24, 2.45) is 0 Å². The maximum atomic E-state index is 8.16. The van der Waals surface area contributed by atoms with E-state index in [1.54, 1.807) is 6.20 Å². The molecule has 0 rings (SSSR count). The van der Waals surface area contributed by atoms with Crippen LogP contribution in [-0.2, 0) is 0 Å². The minimum atomic E-state index is 0.951. The standard InChI is InChI=1S/C7H10N2/c1-7(3-5-8)4-6-9-2/h3-4,6,9H,1-2H3/b6-4+,7-3+. The van der Waals surface area contributed by atoms with E-state index in [1.165, 1.54) is 6.08 Å². The van der Waals surface area contributed by atoms with Gasteiger partial charge in [-0.25, -0.2) is 0 Å². The molecule has 0 aliphatic heterocycles. The molecule has 0 spiro atoms. The highest BCUT2D eigenvalue weighted by Gasteiger charge is 1.75. The minimum absolute atomic E-state index is 0.951. The highest BCUT2D eigenvalue weighted by molar-refractivity contribution is 5.21. The summed E-state index contributed by atoms with van der Waals surface area (Å²) in [7, 11) is 1.82. The lowest BCUT2D eigenvalue weighted by Crippen LogP contribution is -1.90. The number of hydrogen-bond donors (Lipinski definition) is 1. The predicted molar refractivity (Wildman–Crippen MR) is 37.6 cm³/mol. The van der Waals surface area contributed by atoms with Crippen molar-refractivity contribution in [3.63, 3.8) is 0 Å². The number of nitrogens with one attached hydrogen (secondary N) is 1. The van der Waals surface area contributed by atoms with Gasteiger partial charge in [-0.1, -0.05) is 0 Å². The third kappa shape index (κ3) is 4.63. The molecule has 2 heteroatoms. The first-order valence-electron chi connectivity index (χ1n) is 2.71. The van der Waals surface area contributed by atoms with Gasteiger partial charge in [-0.15, -0.1) is 0 Å². The Morgan fingerprint density at radius 3 is 2.78 bits per heavy atom. The zero-order valence-corrected chi connectivity index (χ0v) is 5.68. The second-order valence-electron chi connectivity index (χ2n) is 1.64. The Bertz CT molecular complexity index is 160. The summed E-state index contributed by atoms with van der Waals surface area (Å²) in [6, 6.07) is 1.94. The Labute approximate surface area is 55.5 Å². The Hall–Kier alpha value is -1.23. The molecule has 0 saturated carbocycles. The van der Waals surface area contributed by atoms with Gasteiger partial charge in [-0.2, -0.15) is 5.26 Å². The Morgan fingerprint density at radius 1 is 1.67 bits per heavy atom. The molecule has 1 N–H and O–H groups in total. The fourth-order valence-corrected chi connectivity index (χ4v) is 0.365. The van der Waals surface area contributed by atoms with E-state index in [0.717, 1.165) is 5.57 Å². The van der Waals surface area contributed by atoms with Gasteiger partial charge in [0.25, 0.3) is 0 Å². The normalized spacial score (nSPS) is 11.4. The average Bonchev–Trinajstić information content (AvgIpc) is 1.85. The van der Waals surface area contributed by atoms with Crippen LogP contribution in [0.15, 0.2) is 23.9 Å². The van der Waals surface area contributed by atoms with Gasteiger partial charge >= 0.3 is 0 Å². The fraction of sp³-hybridized carbons (Fsp3) is 0.286. The Morgan fingerprint density at radius 2 is 2.33 bits per heavy atom. The van der Waals surface area contributed by atoms with Gasteiger partial charge in [0, 0.05) is 13.1 Å². The first-order chi connectivity index (χ1) is 4.31. The molecular formula is C7H10N2. The lowest BCUT2D eigenvalue weighted by Gasteiger charge is -1.85. The van der Waals surface area contributed by atoms with Crippen molar-refractivity contribution in [1.29, 1.82) is 5.26 Å². The van der Waals surface area contributed by atoms with Gasteiger partial charge in [-0.3, -0.25) is 0 Å². The maximum Gasteiger partial charge on any atom is 0.0914 e. The first kappa shape index (κ1) is 7.77. The van der Waals surface area contributed by atoms with Gasteiger partial charge in [0.2, 0.25) is 0 Å². The quantitative estimate of drug-likeness (QED) is 0.441. The summed E-state index contributed by atoms with van der Waals surface area (Å²) in [6.45, 7) is 1.87. The van der Waals surface area contributed by atoms with Crippen molar-refractivity contribution >= 4 is 0 Å². The maximum absolute atomic E-state index is 8.16. The van der Waals surface area contributed by atoms with Crippen molar-refractivity contribution in [3.05, 3.63) is 23.9 Å². The van der Waals surface area contributed by atoms with Crippen LogP contribution < -0.4 is 5.32 Å². The molecule has 0 unspecified atom stereocenters. The Balaban J connectivity index is 3.79. The van der Waals surface area contributed by atoms with Crippen LogP contribution in [-0.4, -0.2) is 7.05 Å². The van der Waals surface area contributed by atoms with E-state index in [2.05, 4.69) is 5.32 Å². The predicted octanol–water partition coefficient (Wildman–Crippen LogP) is 1.19. The van der Waals surface area contributed by atoms with E-state index < -0.39 is 0 Å². The molecule has 0 saturated heterocycles. The molecule has 0 aliphatic rings. The molecule has 0 aliphatic carbocycles. The average molecular weight is 122 g/mol. The van der Waals surface area contributed by atoms with Gasteiger partial charge in [0.05, 0.1) is 6.07 Å². The molecule has 0 atom stereocenters. The molecular weight excluding hydrogens is 112 g/mol. The van der Waals surface area contributed by atoms with E-state index in [0.29, 0.717) is 0 Å². The van der Waals surface area contributed by atoms with Crippen molar-refractivity contribution in [2.45, 2.75) is 6.92 Å². The Kier molecular flexibility index (Phi) is 4.25. The lowest BCUT2D eigenvalue weighted by atomic mass is 10.3. The largest absolute Gasteiger partial charge is 0.394 e. The van der Waals surface area contributed by atoms with Crippen molar-refractivity contribution < 1.29 is 0 Å². The highest BCUT2D eigenvalue weighted by Crippen LogP contribution is 1.90. The van der Waals surface area contributed by atoms with Crippen molar-refractivity contribution in [3.8, 4) is 6.07 Å². The van der Waals surface area contributed by atoms with Crippen LogP contribution in [0.5, 0.6) is 0 Å². The number of rotatable bonds is 2. The summed E-state index contributed by atoms with van der Waals surface area (Å²) in [5.74, 6) is 0. The molecule has 9 heavy (non-hydrogen) atoms. The zero-order chi connectivity index (χ0) is 7.11. The van der Waals surface area contributed by atoms with E-state index in [4.69, 9.17) is 5.26 Å². The topological polar surface area (TPSA) is 35.8 Å². The van der Waals surface area contributed by atoms with Gasteiger partial charge < -0.3 is 5.32 Å². The van der Waals surface area contributed by atoms with E-state index in [1.807, 2.05) is 26.1 Å². The first-order valence-corrected chi connectivity index (χ1v) is 2.71. The molecule has 0 fully saturated rings. The van der Waals surface area contributed by atoms with Crippen LogP contribution in [0.1, 0.15) is 6.92 Å². The van der Waals surface area contributed by atoms with Gasteiger partial charge in [-0.05, 0) is 24.8 Å². The summed E-state index contributed by atoms with van der Waals surface area (Å²) < 4.78 is 0. The molecule has 0 radical (unpaired) electrons. The van der Waals surface area contributed by atoms with Crippen LogP contribution in [0.4, 0.5) is 0 Å². The number of hydrogen-bond acceptors (Lipinski definition) is 2. The molecule has 0 aromatic rings. The van der Waals surface area contributed by atoms with Crippen LogP contribution in [0.25, 0.3) is 0 Å². The smallest absolute Gasteiger partial charge is 0.0914 e. The van der Waals surface area contributed by atoms with E-state index in [-0.39, 0.29) is 0 Å². The summed E-state index contributed by atoms with van der Waals surface area (Å²) >= 11 is 0. The van der Waals surface area contributed by atoms with Gasteiger partial charge in [0.1, 0.15) is 0 Å². The molecule has 2 nitrogen and oxygen atoms in total. The molecule has 48 valence electrons. The summed E-state index contributed by atoms with van der Waals surface area (Å²) in [5, 5.41) is 11.0. The highest BCUT2D eigenvalue weighted by atomic mass is 14.8. The molecule has 0 bridgehead atoms. The lowest BCUT2D eigenvalue weighted by molar-refractivity contribution is 1.10. The zero-order valence-electron chi connectivity index (χ0n) is 5.68. The van der Waals surface area contributed by atoms with E-state index in [9.17, 15) is 0 Å². The van der Waals surface area contributed by atoms with Gasteiger partial charge in [0.15, 0.2) is 0 Å². The fourth-order valence-electron chi connectivity index (χ4n) is 0.365.